The highest BCUT2D eigenvalue weighted by Crippen LogP contribution is 2.37. The van der Waals surface area contributed by atoms with Gasteiger partial charge in [-0.2, -0.15) is 0 Å². The van der Waals surface area contributed by atoms with Gasteiger partial charge in [0.2, 0.25) is 0 Å². The van der Waals surface area contributed by atoms with Crippen LogP contribution in [0.2, 0.25) is 0 Å². The molecule has 0 heterocycles. The Labute approximate surface area is 347 Å². The van der Waals surface area contributed by atoms with Gasteiger partial charge in [0.25, 0.3) is 0 Å². The SMILES string of the molecule is CCCCc1ccc(N(c2ccc(/C=C/c3ccc(/C=C/c4ccc(N(c5ccc(CCCC)cc5)c5cccc(C)c5)cc4)cc3)cc2)c2cccc(C)c2)cc1. The van der Waals surface area contributed by atoms with E-state index >= 15 is 0 Å². The van der Waals surface area contributed by atoms with Gasteiger partial charge in [-0.15, -0.1) is 0 Å². The lowest BCUT2D eigenvalue weighted by Crippen LogP contribution is -2.10. The van der Waals surface area contributed by atoms with Crippen LogP contribution in [0.5, 0.6) is 0 Å². The zero-order chi connectivity index (χ0) is 40.1. The Bertz CT molecular complexity index is 2230. The summed E-state index contributed by atoms with van der Waals surface area (Å²) in [6.07, 6.45) is 15.9. The fourth-order valence-electron chi connectivity index (χ4n) is 7.39. The van der Waals surface area contributed by atoms with Crippen molar-refractivity contribution in [2.24, 2.45) is 0 Å². The third-order valence-electron chi connectivity index (χ3n) is 10.7. The van der Waals surface area contributed by atoms with Gasteiger partial charge in [-0.05, 0) is 157 Å². The molecule has 58 heavy (non-hydrogen) atoms. The highest BCUT2D eigenvalue weighted by Gasteiger charge is 2.14. The van der Waals surface area contributed by atoms with Crippen LogP contribution >= 0.6 is 0 Å². The lowest BCUT2D eigenvalue weighted by molar-refractivity contribution is 0.795. The maximum atomic E-state index is 2.35. The fourth-order valence-corrected chi connectivity index (χ4v) is 7.39. The summed E-state index contributed by atoms with van der Waals surface area (Å²) in [6.45, 7) is 8.80. The molecule has 0 aliphatic heterocycles. The number of nitrogens with zero attached hydrogens (tertiary/aromatic N) is 2. The molecule has 0 saturated carbocycles. The first-order chi connectivity index (χ1) is 28.4. The zero-order valence-electron chi connectivity index (χ0n) is 34.6. The highest BCUT2D eigenvalue weighted by molar-refractivity contribution is 5.80. The minimum atomic E-state index is 1.13. The van der Waals surface area contributed by atoms with Gasteiger partial charge in [-0.1, -0.05) is 148 Å². The summed E-state index contributed by atoms with van der Waals surface area (Å²) < 4.78 is 0. The number of unbranched alkanes of at least 4 members (excludes halogenated alkanes) is 2. The standard InChI is InChI=1S/C56H56N2/c1-5-7-13-45-25-33-51(34-26-45)57(55-15-9-11-43(3)41-55)53-37-29-49(30-38-53)23-21-47-17-19-48(20-18-47)22-24-50-31-39-54(40-32-50)58(56-16-10-12-44(4)42-56)52-35-27-46(28-36-52)14-8-6-2/h9-12,15-42H,5-8,13-14H2,1-4H3/b23-21+,24-22+. The minimum Gasteiger partial charge on any atom is -0.310 e. The van der Waals surface area contributed by atoms with Crippen molar-refractivity contribution in [1.82, 2.24) is 0 Å². The van der Waals surface area contributed by atoms with E-state index < -0.39 is 0 Å². The van der Waals surface area contributed by atoms with Crippen molar-refractivity contribution in [3.8, 4) is 0 Å². The van der Waals surface area contributed by atoms with Crippen LogP contribution in [0.15, 0.2) is 170 Å². The minimum absolute atomic E-state index is 1.13. The second kappa shape index (κ2) is 19.7. The largest absolute Gasteiger partial charge is 0.310 e. The molecule has 0 saturated heterocycles. The number of hydrogen-bond acceptors (Lipinski definition) is 2. The van der Waals surface area contributed by atoms with E-state index in [4.69, 9.17) is 0 Å². The highest BCUT2D eigenvalue weighted by atomic mass is 15.1. The number of rotatable bonds is 16. The molecule has 0 unspecified atom stereocenters. The molecule has 0 aliphatic rings. The van der Waals surface area contributed by atoms with Crippen molar-refractivity contribution in [3.05, 3.63) is 214 Å². The molecule has 7 aromatic carbocycles. The molecule has 0 bridgehead atoms. The van der Waals surface area contributed by atoms with E-state index in [-0.39, 0.29) is 0 Å². The zero-order valence-corrected chi connectivity index (χ0v) is 34.6. The second-order valence-electron chi connectivity index (χ2n) is 15.4. The number of aryl methyl sites for hydroxylation is 4. The summed E-state index contributed by atoms with van der Waals surface area (Å²) in [6, 6.07) is 62.0. The summed E-state index contributed by atoms with van der Waals surface area (Å²) in [5.41, 5.74) is 16.9. The van der Waals surface area contributed by atoms with E-state index in [1.54, 1.807) is 0 Å². The van der Waals surface area contributed by atoms with Crippen molar-refractivity contribution >= 4 is 58.4 Å². The van der Waals surface area contributed by atoms with E-state index in [1.165, 1.54) is 92.9 Å². The van der Waals surface area contributed by atoms with Crippen molar-refractivity contribution in [2.75, 3.05) is 9.80 Å². The quantitative estimate of drug-likeness (QED) is 0.0906. The van der Waals surface area contributed by atoms with Crippen LogP contribution in [0.4, 0.5) is 34.1 Å². The number of anilines is 6. The lowest BCUT2D eigenvalue weighted by atomic mass is 10.1. The molecule has 0 atom stereocenters. The van der Waals surface area contributed by atoms with Crippen LogP contribution in [0.25, 0.3) is 24.3 Å². The smallest absolute Gasteiger partial charge is 0.0464 e. The van der Waals surface area contributed by atoms with Gasteiger partial charge >= 0.3 is 0 Å². The molecular weight excluding hydrogens is 701 g/mol. The van der Waals surface area contributed by atoms with Crippen molar-refractivity contribution in [1.29, 1.82) is 0 Å². The fraction of sp³-hybridized carbons (Fsp3) is 0.179. The second-order valence-corrected chi connectivity index (χ2v) is 15.4. The molecule has 0 aromatic heterocycles. The Morgan fingerprint density at radius 3 is 0.931 bits per heavy atom. The van der Waals surface area contributed by atoms with E-state index in [9.17, 15) is 0 Å². The van der Waals surface area contributed by atoms with Crippen LogP contribution < -0.4 is 9.80 Å². The third kappa shape index (κ3) is 10.5. The van der Waals surface area contributed by atoms with Crippen LogP contribution in [-0.4, -0.2) is 0 Å². The molecule has 0 aliphatic carbocycles. The van der Waals surface area contributed by atoms with Gasteiger partial charge in [0.05, 0.1) is 0 Å². The van der Waals surface area contributed by atoms with Crippen LogP contribution in [-0.2, 0) is 12.8 Å². The lowest BCUT2D eigenvalue weighted by Gasteiger charge is -2.26. The number of hydrogen-bond donors (Lipinski definition) is 0. The first-order valence-corrected chi connectivity index (χ1v) is 21.0. The molecule has 0 amide bonds. The molecule has 7 aromatic rings. The van der Waals surface area contributed by atoms with E-state index in [1.807, 2.05) is 0 Å². The topological polar surface area (TPSA) is 6.48 Å². The van der Waals surface area contributed by atoms with Crippen molar-refractivity contribution < 1.29 is 0 Å². The Kier molecular flexibility index (Phi) is 13.5. The molecule has 0 fully saturated rings. The van der Waals surface area contributed by atoms with Gasteiger partial charge in [-0.3, -0.25) is 0 Å². The van der Waals surface area contributed by atoms with Crippen molar-refractivity contribution in [3.63, 3.8) is 0 Å². The van der Waals surface area contributed by atoms with Crippen LogP contribution in [0, 0.1) is 13.8 Å². The molecular formula is C56H56N2. The predicted octanol–water partition coefficient (Wildman–Crippen LogP) is 16.3. The van der Waals surface area contributed by atoms with Gasteiger partial charge in [-0.25, -0.2) is 0 Å². The summed E-state index contributed by atoms with van der Waals surface area (Å²) >= 11 is 0. The third-order valence-corrected chi connectivity index (χ3v) is 10.7. The van der Waals surface area contributed by atoms with Crippen LogP contribution in [0.3, 0.4) is 0 Å². The molecule has 2 heteroatoms. The number of benzene rings is 7. The summed E-state index contributed by atoms with van der Waals surface area (Å²) in [4.78, 5) is 4.69. The summed E-state index contributed by atoms with van der Waals surface area (Å²) in [7, 11) is 0. The molecule has 0 spiro atoms. The van der Waals surface area contributed by atoms with Crippen LogP contribution in [0.1, 0.15) is 84.0 Å². The van der Waals surface area contributed by atoms with E-state index in [0.29, 0.717) is 0 Å². The van der Waals surface area contributed by atoms with E-state index in [2.05, 4.69) is 232 Å². The Morgan fingerprint density at radius 2 is 0.638 bits per heavy atom. The van der Waals surface area contributed by atoms with Gasteiger partial charge < -0.3 is 9.80 Å². The Morgan fingerprint density at radius 1 is 0.345 bits per heavy atom. The van der Waals surface area contributed by atoms with Gasteiger partial charge in [0.1, 0.15) is 0 Å². The van der Waals surface area contributed by atoms with E-state index in [0.717, 1.165) is 24.2 Å². The summed E-state index contributed by atoms with van der Waals surface area (Å²) in [5.74, 6) is 0. The average Bonchev–Trinajstić information content (AvgIpc) is 3.26. The Balaban J connectivity index is 1.01. The first kappa shape index (κ1) is 39.8. The normalized spacial score (nSPS) is 11.4. The average molecular weight is 757 g/mol. The molecule has 290 valence electrons. The molecule has 0 radical (unpaired) electrons. The summed E-state index contributed by atoms with van der Waals surface area (Å²) in [5, 5.41) is 0. The van der Waals surface area contributed by atoms with Gasteiger partial charge in [0, 0.05) is 34.1 Å². The van der Waals surface area contributed by atoms with Crippen molar-refractivity contribution in [2.45, 2.75) is 66.2 Å². The first-order valence-electron chi connectivity index (χ1n) is 21.0. The molecule has 0 N–H and O–H groups in total. The maximum Gasteiger partial charge on any atom is 0.0464 e. The van der Waals surface area contributed by atoms with Gasteiger partial charge in [0.15, 0.2) is 0 Å². The maximum absolute atomic E-state index is 2.35. The molecule has 7 rings (SSSR count). The monoisotopic (exact) mass is 756 g/mol. The molecule has 2 nitrogen and oxygen atoms in total. The predicted molar refractivity (Wildman–Crippen MR) is 253 cm³/mol. The Hall–Kier alpha value is -6.38.